The molecule has 0 spiro atoms. The van der Waals surface area contributed by atoms with Crippen molar-refractivity contribution >= 4 is 67.0 Å². The number of imide groups is 2. The molecule has 10 heteroatoms. The monoisotopic (exact) mass is 725 g/mol. The van der Waals surface area contributed by atoms with E-state index in [2.05, 4.69) is 10.6 Å². The van der Waals surface area contributed by atoms with Gasteiger partial charge in [0.05, 0.1) is 0 Å². The molecule has 0 saturated carbocycles. The third-order valence-electron chi connectivity index (χ3n) is 7.28. The molecule has 204 valence electrons. The summed E-state index contributed by atoms with van der Waals surface area (Å²) >= 11 is 1.09. The van der Waals surface area contributed by atoms with Gasteiger partial charge in [0.15, 0.2) is 0 Å². The summed E-state index contributed by atoms with van der Waals surface area (Å²) in [4.78, 5) is 64.8. The first kappa shape index (κ1) is 29.3. The molecule has 0 aromatic heterocycles. The van der Waals surface area contributed by atoms with Gasteiger partial charge in [-0.25, -0.2) is 0 Å². The number of nitrogens with one attached hydrogen (secondary N) is 2. The number of carbonyl (C=O) groups excluding carboxylic acids is 5. The summed E-state index contributed by atoms with van der Waals surface area (Å²) in [6.07, 6.45) is 12.3. The number of unbranched alkanes of at least 4 members (excludes halogenated alkanes) is 5. The van der Waals surface area contributed by atoms with Crippen molar-refractivity contribution in [3.8, 4) is 0 Å². The van der Waals surface area contributed by atoms with Gasteiger partial charge in [-0.05, 0) is 37.1 Å². The Kier molecular flexibility index (Phi) is 9.87. The van der Waals surface area contributed by atoms with E-state index in [1.54, 1.807) is 43.4 Å². The maximum Gasteiger partial charge on any atom is 0.262 e. The van der Waals surface area contributed by atoms with Gasteiger partial charge in [0, 0.05) is 23.1 Å². The molecule has 2 N–H and O–H groups in total. The molecule has 2 heterocycles. The summed E-state index contributed by atoms with van der Waals surface area (Å²) in [7, 11) is 0. The number of hydrogen-bond donors (Lipinski definition) is 2. The van der Waals surface area contributed by atoms with Crippen LogP contribution in [0.2, 0.25) is 3.98 Å². The Morgan fingerprint density at radius 2 is 1.85 bits per heavy atom. The average molecular weight is 725 g/mol. The fraction of sp³-hybridized carbons (Fsp3) is 0.483. The van der Waals surface area contributed by atoms with Crippen molar-refractivity contribution in [2.75, 3.05) is 13.2 Å². The summed E-state index contributed by atoms with van der Waals surface area (Å²) in [6, 6.07) is 4.06. The van der Waals surface area contributed by atoms with Gasteiger partial charge in [-0.15, -0.1) is 0 Å². The molecule has 5 amide bonds. The molecule has 4 rings (SSSR count). The summed E-state index contributed by atoms with van der Waals surface area (Å²) in [5.74, 6) is -2.54. The Labute approximate surface area is 244 Å². The molecule has 1 aromatic carbocycles. The van der Waals surface area contributed by atoms with Crippen molar-refractivity contribution in [3.63, 3.8) is 0 Å². The number of carbonyl (C=O) groups is 5. The quantitative estimate of drug-likeness (QED) is 0.194. The van der Waals surface area contributed by atoms with Crippen LogP contribution in [0, 0.1) is 0 Å². The van der Waals surface area contributed by atoms with E-state index >= 15 is 0 Å². The first-order valence-corrected chi connectivity index (χ1v) is 16.8. The second-order valence-electron chi connectivity index (χ2n) is 10.3. The van der Waals surface area contributed by atoms with Crippen LogP contribution in [0.3, 0.4) is 0 Å². The predicted molar refractivity (Wildman–Crippen MR) is 146 cm³/mol. The second kappa shape index (κ2) is 13.1. The van der Waals surface area contributed by atoms with E-state index < -0.39 is 35.3 Å². The number of piperidine rings is 1. The average Bonchev–Trinajstić information content (AvgIpc) is 3.06. The molecule has 1 fully saturated rings. The van der Waals surface area contributed by atoms with Gasteiger partial charge in [-0.3, -0.25) is 29.4 Å². The molecule has 1 saturated heterocycles. The largest absolute Gasteiger partial charge is 0.295 e. The maximum absolute atomic E-state index is 13.7. The Balaban J connectivity index is 1.45. The number of rotatable bonds is 12. The number of ether oxygens (including phenoxy) is 1. The Bertz CT molecular complexity index is 1230. The zero-order valence-electron chi connectivity index (χ0n) is 22.3. The smallest absolute Gasteiger partial charge is 0.262 e. The van der Waals surface area contributed by atoms with Gasteiger partial charge in [-0.2, -0.15) is 0 Å². The first-order chi connectivity index (χ1) is 18.7. The number of nitrogens with zero attached hydrogens (tertiary/aromatic N) is 1. The van der Waals surface area contributed by atoms with Gasteiger partial charge >= 0.3 is 102 Å². The minimum atomic E-state index is -1.11. The van der Waals surface area contributed by atoms with E-state index in [9.17, 15) is 24.0 Å². The molecule has 39 heavy (non-hydrogen) atoms. The van der Waals surface area contributed by atoms with Gasteiger partial charge in [0.25, 0.3) is 11.8 Å². The number of amides is 5. The van der Waals surface area contributed by atoms with Crippen LogP contribution in [0.25, 0.3) is 11.6 Å². The second-order valence-corrected chi connectivity index (χ2v) is 12.6. The Morgan fingerprint density at radius 1 is 1.10 bits per heavy atom. The summed E-state index contributed by atoms with van der Waals surface area (Å²) in [5, 5.41) is 5.12. The summed E-state index contributed by atoms with van der Waals surface area (Å²) < 4.78 is 7.39. The standard InChI is InChI=1S/C29H34N3O6.Tl/c1-3-4-5-6-7-8-16-30-24(34)18-38-29(2)15-14-19-10-9-11-20-25(19)21(17-29)28(37)32(27(20)36)22-12-13-23(33)31-26(22)35;/h9-11,14-15,17,22H,1,3-8,12-13,16,18H2,2H3,(H,30,34)(H,31,33,35);. The van der Waals surface area contributed by atoms with Crippen molar-refractivity contribution in [1.82, 2.24) is 15.5 Å². The van der Waals surface area contributed by atoms with Crippen LogP contribution in [0.4, 0.5) is 0 Å². The van der Waals surface area contributed by atoms with Crippen LogP contribution in [0.5, 0.6) is 0 Å². The molecule has 1 aliphatic carbocycles. The molecule has 2 unspecified atom stereocenters. The van der Waals surface area contributed by atoms with E-state index in [1.807, 2.05) is 0 Å². The van der Waals surface area contributed by atoms with Crippen LogP contribution >= 0.6 is 0 Å². The molecule has 2 aliphatic heterocycles. The molecule has 9 nitrogen and oxygen atoms in total. The first-order valence-electron chi connectivity index (χ1n) is 13.6. The fourth-order valence-electron chi connectivity index (χ4n) is 5.15. The van der Waals surface area contributed by atoms with Gasteiger partial charge in [0.1, 0.15) is 11.6 Å². The molecule has 1 aromatic rings. The predicted octanol–water partition coefficient (Wildman–Crippen LogP) is 2.70. The van der Waals surface area contributed by atoms with Crippen LogP contribution < -0.4 is 10.6 Å². The van der Waals surface area contributed by atoms with E-state index in [4.69, 9.17) is 4.74 Å². The minimum absolute atomic E-state index is 0.0390. The molecular weight excluding hydrogens is 691 g/mol. The SMILES string of the molecule is CC1(OCC(=O)NCCCCCCC[CH2][Tl])C=Cc2cccc3c2C(=C1)C(=O)N(C1CCC(=O)NC1=O)C3=O. The van der Waals surface area contributed by atoms with Crippen molar-refractivity contribution in [3.05, 3.63) is 47.0 Å². The van der Waals surface area contributed by atoms with Crippen molar-refractivity contribution in [2.24, 2.45) is 0 Å². The maximum atomic E-state index is 13.7. The van der Waals surface area contributed by atoms with Crippen molar-refractivity contribution < 1.29 is 28.7 Å². The Morgan fingerprint density at radius 3 is 2.59 bits per heavy atom. The van der Waals surface area contributed by atoms with Gasteiger partial charge in [-0.1, -0.05) is 18.2 Å². The third-order valence-corrected chi connectivity index (χ3v) is 8.87. The van der Waals surface area contributed by atoms with Crippen LogP contribution in [-0.4, -0.2) is 85.0 Å². The number of benzene rings is 1. The van der Waals surface area contributed by atoms with Crippen molar-refractivity contribution in [2.45, 2.75) is 73.9 Å². The molecule has 0 bridgehead atoms. The van der Waals surface area contributed by atoms with Crippen LogP contribution in [0.15, 0.2) is 30.4 Å². The van der Waals surface area contributed by atoms with Crippen molar-refractivity contribution in [1.29, 1.82) is 0 Å². The van der Waals surface area contributed by atoms with E-state index in [0.29, 0.717) is 23.2 Å². The zero-order chi connectivity index (χ0) is 28.0. The number of hydrogen-bond acceptors (Lipinski definition) is 6. The van der Waals surface area contributed by atoms with Crippen LogP contribution in [0.1, 0.15) is 79.8 Å². The van der Waals surface area contributed by atoms with E-state index in [1.165, 1.54) is 29.7 Å². The Hall–Kier alpha value is -2.67. The molecule has 2 atom stereocenters. The van der Waals surface area contributed by atoms with Crippen LogP contribution in [-0.2, 0) is 23.9 Å². The molecule has 3 aliphatic rings. The molecule has 0 radical (unpaired) electrons. The minimum Gasteiger partial charge on any atom is -0.295 e. The summed E-state index contributed by atoms with van der Waals surface area (Å²) in [5.41, 5.74) is 0.556. The molecular formula is C29H34N3O6Tl. The normalized spacial score (nSPS) is 22.2. The zero-order valence-corrected chi connectivity index (χ0v) is 26.8. The van der Waals surface area contributed by atoms with E-state index in [-0.39, 0.29) is 30.9 Å². The topological polar surface area (TPSA) is 122 Å². The van der Waals surface area contributed by atoms with Gasteiger partial charge in [0.2, 0.25) is 11.8 Å². The fourth-order valence-corrected chi connectivity index (χ4v) is 6.27. The van der Waals surface area contributed by atoms with Gasteiger partial charge < -0.3 is 0 Å². The summed E-state index contributed by atoms with van der Waals surface area (Å²) in [6.45, 7) is 2.14. The van der Waals surface area contributed by atoms with E-state index in [0.717, 1.165) is 43.5 Å². The third kappa shape index (κ3) is 6.92.